The molecular formula is C18H26N2O3. The first kappa shape index (κ1) is 17.5. The maximum absolute atomic E-state index is 12.2. The first-order chi connectivity index (χ1) is 10.8. The highest BCUT2D eigenvalue weighted by molar-refractivity contribution is 6.02. The molecule has 126 valence electrons. The molecule has 0 aliphatic carbocycles. The number of benzene rings is 1. The molecule has 3 N–H and O–H groups in total. The van der Waals surface area contributed by atoms with E-state index in [1.165, 1.54) is 6.42 Å². The lowest BCUT2D eigenvalue weighted by Gasteiger charge is -2.20. The van der Waals surface area contributed by atoms with Crippen LogP contribution in [0, 0.1) is 5.41 Å². The molecule has 1 saturated heterocycles. The summed E-state index contributed by atoms with van der Waals surface area (Å²) in [6, 6.07) is 5.77. The fraction of sp³-hybridized carbons (Fsp3) is 0.556. The molecular weight excluding hydrogens is 292 g/mol. The molecule has 0 bridgehead atoms. The minimum atomic E-state index is -0.996. The number of rotatable bonds is 5. The summed E-state index contributed by atoms with van der Waals surface area (Å²) in [6.45, 7) is 6.45. The third-order valence-corrected chi connectivity index (χ3v) is 4.22. The summed E-state index contributed by atoms with van der Waals surface area (Å²) in [7, 11) is 0. The van der Waals surface area contributed by atoms with Gasteiger partial charge in [0.15, 0.2) is 0 Å². The lowest BCUT2D eigenvalue weighted by atomic mass is 9.94. The number of hydrogen-bond donors (Lipinski definition) is 3. The molecule has 0 radical (unpaired) electrons. The van der Waals surface area contributed by atoms with Gasteiger partial charge in [-0.3, -0.25) is 4.79 Å². The van der Waals surface area contributed by atoms with Crippen LogP contribution in [0.3, 0.4) is 0 Å². The zero-order valence-electron chi connectivity index (χ0n) is 14.1. The second-order valence-electron chi connectivity index (χ2n) is 7.18. The van der Waals surface area contributed by atoms with Crippen molar-refractivity contribution in [1.82, 2.24) is 5.32 Å². The molecule has 1 aliphatic rings. The van der Waals surface area contributed by atoms with Crippen LogP contribution in [0.4, 0.5) is 5.69 Å². The summed E-state index contributed by atoms with van der Waals surface area (Å²) in [6.07, 6.45) is 3.93. The molecule has 2 rings (SSSR count). The molecule has 1 amide bonds. The number of aromatic carboxylic acids is 1. The van der Waals surface area contributed by atoms with E-state index in [1.807, 2.05) is 12.1 Å². The third kappa shape index (κ3) is 4.55. The Hall–Kier alpha value is -1.88. The van der Waals surface area contributed by atoms with Crippen molar-refractivity contribution in [2.45, 2.75) is 52.5 Å². The fourth-order valence-electron chi connectivity index (χ4n) is 2.81. The molecule has 0 saturated carbocycles. The maximum atomic E-state index is 12.2. The van der Waals surface area contributed by atoms with Crippen molar-refractivity contribution < 1.29 is 14.7 Å². The lowest BCUT2D eigenvalue weighted by Crippen LogP contribution is -2.28. The van der Waals surface area contributed by atoms with E-state index in [1.54, 1.807) is 26.8 Å². The SMILES string of the molecule is CC(C)(C)C(=O)Nc1cccc(CCC2CCCN2)c1C(=O)O. The smallest absolute Gasteiger partial charge is 0.338 e. The van der Waals surface area contributed by atoms with Crippen molar-refractivity contribution in [1.29, 1.82) is 0 Å². The van der Waals surface area contributed by atoms with Gasteiger partial charge in [0.2, 0.25) is 5.91 Å². The highest BCUT2D eigenvalue weighted by Gasteiger charge is 2.24. The molecule has 1 atom stereocenters. The highest BCUT2D eigenvalue weighted by atomic mass is 16.4. The Morgan fingerprint density at radius 1 is 1.35 bits per heavy atom. The highest BCUT2D eigenvalue weighted by Crippen LogP contribution is 2.25. The molecule has 1 aliphatic heterocycles. The monoisotopic (exact) mass is 318 g/mol. The number of carboxylic acid groups (broad SMARTS) is 1. The molecule has 0 spiro atoms. The van der Waals surface area contributed by atoms with E-state index in [0.717, 1.165) is 24.9 Å². The van der Waals surface area contributed by atoms with Crippen LogP contribution in [-0.4, -0.2) is 29.6 Å². The zero-order chi connectivity index (χ0) is 17.0. The second-order valence-corrected chi connectivity index (χ2v) is 7.18. The van der Waals surface area contributed by atoms with E-state index in [-0.39, 0.29) is 11.5 Å². The van der Waals surface area contributed by atoms with Crippen LogP contribution >= 0.6 is 0 Å². The lowest BCUT2D eigenvalue weighted by molar-refractivity contribution is -0.123. The van der Waals surface area contributed by atoms with Crippen LogP contribution in [-0.2, 0) is 11.2 Å². The maximum Gasteiger partial charge on any atom is 0.338 e. The van der Waals surface area contributed by atoms with E-state index in [0.29, 0.717) is 18.2 Å². The Balaban J connectivity index is 2.20. The summed E-state index contributed by atoms with van der Waals surface area (Å²) < 4.78 is 0. The Kier molecular flexibility index (Phi) is 5.42. The van der Waals surface area contributed by atoms with Gasteiger partial charge in [0, 0.05) is 11.5 Å². The third-order valence-electron chi connectivity index (χ3n) is 4.22. The number of carbonyl (C=O) groups is 2. The molecule has 0 aromatic heterocycles. The number of anilines is 1. The van der Waals surface area contributed by atoms with Gasteiger partial charge in [-0.15, -0.1) is 0 Å². The normalized spacial score (nSPS) is 18.0. The molecule has 1 fully saturated rings. The zero-order valence-corrected chi connectivity index (χ0v) is 14.1. The Morgan fingerprint density at radius 3 is 2.65 bits per heavy atom. The van der Waals surface area contributed by atoms with Gasteiger partial charge in [0.05, 0.1) is 11.3 Å². The van der Waals surface area contributed by atoms with E-state index >= 15 is 0 Å². The number of hydrogen-bond acceptors (Lipinski definition) is 3. The van der Waals surface area contributed by atoms with Crippen molar-refractivity contribution in [3.05, 3.63) is 29.3 Å². The van der Waals surface area contributed by atoms with Gasteiger partial charge in [0.25, 0.3) is 0 Å². The Morgan fingerprint density at radius 2 is 2.09 bits per heavy atom. The molecule has 1 aromatic rings. The van der Waals surface area contributed by atoms with Crippen molar-refractivity contribution >= 4 is 17.6 Å². The number of aryl methyl sites for hydroxylation is 1. The van der Waals surface area contributed by atoms with Crippen LogP contribution in [0.2, 0.25) is 0 Å². The molecule has 1 heterocycles. The van der Waals surface area contributed by atoms with E-state index < -0.39 is 11.4 Å². The van der Waals surface area contributed by atoms with Gasteiger partial charge in [-0.1, -0.05) is 32.9 Å². The van der Waals surface area contributed by atoms with Gasteiger partial charge < -0.3 is 15.7 Å². The number of carboxylic acids is 1. The van der Waals surface area contributed by atoms with Gasteiger partial charge in [-0.25, -0.2) is 4.79 Å². The average molecular weight is 318 g/mol. The predicted molar refractivity (Wildman–Crippen MR) is 90.8 cm³/mol. The summed E-state index contributed by atoms with van der Waals surface area (Å²) in [4.78, 5) is 23.9. The van der Waals surface area contributed by atoms with Gasteiger partial charge in [-0.05, 0) is 43.9 Å². The first-order valence-corrected chi connectivity index (χ1v) is 8.19. The van der Waals surface area contributed by atoms with Crippen LogP contribution in [0.25, 0.3) is 0 Å². The topological polar surface area (TPSA) is 78.4 Å². The minimum Gasteiger partial charge on any atom is -0.478 e. The number of amides is 1. The van der Waals surface area contributed by atoms with Gasteiger partial charge in [-0.2, -0.15) is 0 Å². The summed E-state index contributed by atoms with van der Waals surface area (Å²) in [5.41, 5.74) is 0.801. The Labute approximate surface area is 137 Å². The van der Waals surface area contributed by atoms with E-state index in [2.05, 4.69) is 10.6 Å². The van der Waals surface area contributed by atoms with Crippen molar-refractivity contribution in [2.24, 2.45) is 5.41 Å². The second kappa shape index (κ2) is 7.13. The quantitative estimate of drug-likeness (QED) is 0.779. The van der Waals surface area contributed by atoms with E-state index in [9.17, 15) is 14.7 Å². The Bertz CT molecular complexity index is 584. The molecule has 5 heteroatoms. The summed E-state index contributed by atoms with van der Waals surface area (Å²) in [5, 5.41) is 15.8. The number of nitrogens with one attached hydrogen (secondary N) is 2. The van der Waals surface area contributed by atoms with Crippen LogP contribution in [0.5, 0.6) is 0 Å². The largest absolute Gasteiger partial charge is 0.478 e. The predicted octanol–water partition coefficient (Wildman–Crippen LogP) is 3.05. The van der Waals surface area contributed by atoms with Gasteiger partial charge >= 0.3 is 5.97 Å². The average Bonchev–Trinajstić information content (AvgIpc) is 2.97. The van der Waals surface area contributed by atoms with E-state index in [4.69, 9.17) is 0 Å². The first-order valence-electron chi connectivity index (χ1n) is 8.19. The van der Waals surface area contributed by atoms with Crippen LogP contribution < -0.4 is 10.6 Å². The van der Waals surface area contributed by atoms with Crippen molar-refractivity contribution in [2.75, 3.05) is 11.9 Å². The molecule has 1 unspecified atom stereocenters. The molecule has 23 heavy (non-hydrogen) atoms. The standard InChI is InChI=1S/C18H26N2O3/c1-18(2,3)17(23)20-14-8-4-6-12(15(14)16(21)22)9-10-13-7-5-11-19-13/h4,6,8,13,19H,5,7,9-11H2,1-3H3,(H,20,23)(H,21,22). The van der Waals surface area contributed by atoms with Crippen LogP contribution in [0.15, 0.2) is 18.2 Å². The fourth-order valence-corrected chi connectivity index (χ4v) is 2.81. The van der Waals surface area contributed by atoms with Crippen LogP contribution in [0.1, 0.15) is 56.0 Å². The van der Waals surface area contributed by atoms with Crippen molar-refractivity contribution in [3.8, 4) is 0 Å². The molecule has 1 aromatic carbocycles. The van der Waals surface area contributed by atoms with Gasteiger partial charge in [0.1, 0.15) is 0 Å². The summed E-state index contributed by atoms with van der Waals surface area (Å²) >= 11 is 0. The number of carbonyl (C=O) groups excluding carboxylic acids is 1. The molecule has 5 nitrogen and oxygen atoms in total. The van der Waals surface area contributed by atoms with Crippen molar-refractivity contribution in [3.63, 3.8) is 0 Å². The minimum absolute atomic E-state index is 0.186. The summed E-state index contributed by atoms with van der Waals surface area (Å²) in [5.74, 6) is -1.18.